The van der Waals surface area contributed by atoms with Crippen LogP contribution >= 0.6 is 0 Å². The second-order valence-corrected chi connectivity index (χ2v) is 9.21. The predicted molar refractivity (Wildman–Crippen MR) is 113 cm³/mol. The number of sulfone groups is 1. The number of benzene rings is 2. The van der Waals surface area contributed by atoms with Crippen LogP contribution in [0.25, 0.3) is 0 Å². The van der Waals surface area contributed by atoms with Gasteiger partial charge in [-0.1, -0.05) is 36.4 Å². The van der Waals surface area contributed by atoms with Crippen molar-refractivity contribution >= 4 is 15.7 Å². The van der Waals surface area contributed by atoms with Crippen molar-refractivity contribution in [3.05, 3.63) is 94.8 Å². The van der Waals surface area contributed by atoms with Gasteiger partial charge >= 0.3 is 0 Å². The van der Waals surface area contributed by atoms with Gasteiger partial charge < -0.3 is 4.90 Å². The highest BCUT2D eigenvalue weighted by atomic mass is 32.2. The molecule has 0 atom stereocenters. The Morgan fingerprint density at radius 2 is 1.72 bits per heavy atom. The van der Waals surface area contributed by atoms with Gasteiger partial charge in [-0.05, 0) is 54.3 Å². The molecule has 3 aromatic rings. The molecule has 5 nitrogen and oxygen atoms in total. The molecule has 0 fully saturated rings. The van der Waals surface area contributed by atoms with Gasteiger partial charge in [-0.3, -0.25) is 9.78 Å². The van der Waals surface area contributed by atoms with Crippen molar-refractivity contribution in [3.8, 4) is 0 Å². The first kappa shape index (κ1) is 20.7. The highest BCUT2D eigenvalue weighted by molar-refractivity contribution is 7.90. The van der Waals surface area contributed by atoms with Crippen molar-refractivity contribution in [2.45, 2.75) is 31.8 Å². The van der Waals surface area contributed by atoms with Crippen LogP contribution in [0.5, 0.6) is 0 Å². The average molecular weight is 409 g/mol. The fourth-order valence-electron chi connectivity index (χ4n) is 3.14. The summed E-state index contributed by atoms with van der Waals surface area (Å²) in [5.41, 5.74) is 4.18. The van der Waals surface area contributed by atoms with E-state index in [0.29, 0.717) is 18.7 Å². The molecule has 1 heterocycles. The summed E-state index contributed by atoms with van der Waals surface area (Å²) in [4.78, 5) is 19.5. The molecular weight excluding hydrogens is 384 g/mol. The fraction of sp³-hybridized carbons (Fsp3) is 0.217. The first-order valence-electron chi connectivity index (χ1n) is 9.29. The van der Waals surface area contributed by atoms with Gasteiger partial charge in [-0.15, -0.1) is 0 Å². The number of aromatic nitrogens is 1. The molecule has 0 saturated carbocycles. The second kappa shape index (κ2) is 8.57. The third-order valence-corrected chi connectivity index (χ3v) is 5.98. The van der Waals surface area contributed by atoms with E-state index in [0.717, 1.165) is 28.5 Å². The standard InChI is InChI=1S/C23H24N2O3S/c1-17-7-4-5-9-20(17)16-25(15-19-8-6-12-24-14-19)23(26)22-13-21(29(3,27)28)11-10-18(22)2/h4-14H,15-16H2,1-3H3. The molecule has 0 aliphatic heterocycles. The Labute approximate surface area is 172 Å². The van der Waals surface area contributed by atoms with Crippen molar-refractivity contribution in [2.75, 3.05) is 6.26 Å². The molecule has 0 bridgehead atoms. The third kappa shape index (κ3) is 5.09. The van der Waals surface area contributed by atoms with Crippen molar-refractivity contribution < 1.29 is 13.2 Å². The van der Waals surface area contributed by atoms with Gasteiger partial charge in [0.05, 0.1) is 4.90 Å². The molecule has 0 saturated heterocycles. The number of amides is 1. The van der Waals surface area contributed by atoms with E-state index in [9.17, 15) is 13.2 Å². The molecule has 150 valence electrons. The number of aryl methyl sites for hydroxylation is 2. The molecule has 2 aromatic carbocycles. The first-order chi connectivity index (χ1) is 13.8. The number of pyridine rings is 1. The Hall–Kier alpha value is -2.99. The molecular formula is C23H24N2O3S. The average Bonchev–Trinajstić information content (AvgIpc) is 2.69. The van der Waals surface area contributed by atoms with Crippen LogP contribution in [0, 0.1) is 13.8 Å². The van der Waals surface area contributed by atoms with Crippen molar-refractivity contribution in [1.82, 2.24) is 9.88 Å². The maximum absolute atomic E-state index is 13.5. The minimum atomic E-state index is -3.41. The van der Waals surface area contributed by atoms with Crippen molar-refractivity contribution in [3.63, 3.8) is 0 Å². The quantitative estimate of drug-likeness (QED) is 0.619. The van der Waals surface area contributed by atoms with E-state index in [-0.39, 0.29) is 10.8 Å². The fourth-order valence-corrected chi connectivity index (χ4v) is 3.78. The smallest absolute Gasteiger partial charge is 0.254 e. The van der Waals surface area contributed by atoms with Gasteiger partial charge in [0.15, 0.2) is 9.84 Å². The minimum absolute atomic E-state index is 0.142. The van der Waals surface area contributed by atoms with Gasteiger partial charge in [0, 0.05) is 37.3 Å². The van der Waals surface area contributed by atoms with E-state index in [2.05, 4.69) is 4.98 Å². The summed E-state index contributed by atoms with van der Waals surface area (Å²) in [5, 5.41) is 0. The van der Waals surface area contributed by atoms with Gasteiger partial charge in [-0.25, -0.2) is 8.42 Å². The summed E-state index contributed by atoms with van der Waals surface area (Å²) in [6.07, 6.45) is 4.57. The molecule has 29 heavy (non-hydrogen) atoms. The molecule has 0 radical (unpaired) electrons. The molecule has 1 amide bonds. The molecule has 0 aliphatic rings. The van der Waals surface area contributed by atoms with Gasteiger partial charge in [0.2, 0.25) is 0 Å². The van der Waals surface area contributed by atoms with Crippen LogP contribution in [-0.4, -0.2) is 30.5 Å². The molecule has 0 spiro atoms. The van der Waals surface area contributed by atoms with E-state index in [1.165, 1.54) is 12.1 Å². The van der Waals surface area contributed by atoms with Crippen LogP contribution in [0.15, 0.2) is 71.9 Å². The second-order valence-electron chi connectivity index (χ2n) is 7.20. The van der Waals surface area contributed by atoms with Crippen molar-refractivity contribution in [1.29, 1.82) is 0 Å². The minimum Gasteiger partial charge on any atom is -0.330 e. The maximum Gasteiger partial charge on any atom is 0.254 e. The number of rotatable bonds is 6. The number of nitrogens with zero attached hydrogens (tertiary/aromatic N) is 2. The molecule has 0 N–H and O–H groups in total. The van der Waals surface area contributed by atoms with E-state index in [1.807, 2.05) is 50.2 Å². The monoisotopic (exact) mass is 408 g/mol. The van der Waals surface area contributed by atoms with E-state index < -0.39 is 9.84 Å². The Kier molecular flexibility index (Phi) is 6.13. The van der Waals surface area contributed by atoms with Gasteiger partial charge in [-0.2, -0.15) is 0 Å². The Morgan fingerprint density at radius 3 is 2.38 bits per heavy atom. The molecule has 3 rings (SSSR count). The zero-order valence-electron chi connectivity index (χ0n) is 16.8. The highest BCUT2D eigenvalue weighted by Gasteiger charge is 2.21. The summed E-state index contributed by atoms with van der Waals surface area (Å²) >= 11 is 0. The first-order valence-corrected chi connectivity index (χ1v) is 11.2. The summed E-state index contributed by atoms with van der Waals surface area (Å²) in [6.45, 7) is 4.62. The Bertz CT molecular complexity index is 1130. The summed E-state index contributed by atoms with van der Waals surface area (Å²) in [5.74, 6) is -0.208. The van der Waals surface area contributed by atoms with Crippen LogP contribution in [0.3, 0.4) is 0 Å². The van der Waals surface area contributed by atoms with E-state index >= 15 is 0 Å². The molecule has 0 unspecified atom stereocenters. The topological polar surface area (TPSA) is 67.3 Å². The number of hydrogen-bond donors (Lipinski definition) is 0. The van der Waals surface area contributed by atoms with Gasteiger partial charge in [0.1, 0.15) is 0 Å². The molecule has 0 aliphatic carbocycles. The van der Waals surface area contributed by atoms with Crippen LogP contribution < -0.4 is 0 Å². The molecule has 6 heteroatoms. The molecule has 1 aromatic heterocycles. The summed E-state index contributed by atoms with van der Waals surface area (Å²) in [6, 6.07) is 16.4. The lowest BCUT2D eigenvalue weighted by molar-refractivity contribution is 0.0728. The van der Waals surface area contributed by atoms with E-state index in [4.69, 9.17) is 0 Å². The Balaban J connectivity index is 2.01. The highest BCUT2D eigenvalue weighted by Crippen LogP contribution is 2.21. The van der Waals surface area contributed by atoms with Crippen LogP contribution in [0.1, 0.15) is 32.6 Å². The zero-order valence-corrected chi connectivity index (χ0v) is 17.6. The largest absolute Gasteiger partial charge is 0.330 e. The Morgan fingerprint density at radius 1 is 0.966 bits per heavy atom. The zero-order chi connectivity index (χ0) is 21.0. The predicted octanol–water partition coefficient (Wildman–Crippen LogP) is 3.94. The van der Waals surface area contributed by atoms with Crippen molar-refractivity contribution in [2.24, 2.45) is 0 Å². The van der Waals surface area contributed by atoms with Crippen LogP contribution in [0.2, 0.25) is 0 Å². The summed E-state index contributed by atoms with van der Waals surface area (Å²) < 4.78 is 24.0. The lowest BCUT2D eigenvalue weighted by Gasteiger charge is -2.25. The lowest BCUT2D eigenvalue weighted by atomic mass is 10.0. The van der Waals surface area contributed by atoms with Gasteiger partial charge in [0.25, 0.3) is 5.91 Å². The summed E-state index contributed by atoms with van der Waals surface area (Å²) in [7, 11) is -3.41. The third-order valence-electron chi connectivity index (χ3n) is 4.87. The number of carbonyl (C=O) groups excluding carboxylic acids is 1. The SMILES string of the molecule is Cc1ccccc1CN(Cc1cccnc1)C(=O)c1cc(S(C)(=O)=O)ccc1C. The van der Waals surface area contributed by atoms with Crippen LogP contribution in [0.4, 0.5) is 0 Å². The number of carbonyl (C=O) groups is 1. The number of hydrogen-bond acceptors (Lipinski definition) is 4. The normalized spacial score (nSPS) is 11.3. The lowest BCUT2D eigenvalue weighted by Crippen LogP contribution is -2.31. The maximum atomic E-state index is 13.5. The van der Waals surface area contributed by atoms with E-state index in [1.54, 1.807) is 23.4 Å². The van der Waals surface area contributed by atoms with Crippen LogP contribution in [-0.2, 0) is 22.9 Å².